The van der Waals surface area contributed by atoms with Crippen molar-refractivity contribution in [3.8, 4) is 11.5 Å². The Balaban J connectivity index is 1.82. The SMILES string of the molecule is CC(C)C(CC(=O)NCCN(C(C)C)C(C)C)NC(=O)Nc1ccc(Oc2ccccc2)cc1. The van der Waals surface area contributed by atoms with E-state index in [-0.39, 0.29) is 30.3 Å². The van der Waals surface area contributed by atoms with Gasteiger partial charge in [-0.15, -0.1) is 0 Å². The number of rotatable bonds is 12. The van der Waals surface area contributed by atoms with Gasteiger partial charge in [0.05, 0.1) is 0 Å². The molecule has 0 saturated heterocycles. The molecule has 186 valence electrons. The van der Waals surface area contributed by atoms with Crippen LogP contribution in [-0.4, -0.2) is 48.1 Å². The molecule has 1 unspecified atom stereocenters. The van der Waals surface area contributed by atoms with Crippen LogP contribution in [0.1, 0.15) is 48.0 Å². The summed E-state index contributed by atoms with van der Waals surface area (Å²) in [5, 5.41) is 8.76. The fourth-order valence-corrected chi connectivity index (χ4v) is 3.73. The molecule has 3 N–H and O–H groups in total. The second-order valence-electron chi connectivity index (χ2n) is 9.37. The van der Waals surface area contributed by atoms with Gasteiger partial charge in [0.2, 0.25) is 5.91 Å². The lowest BCUT2D eigenvalue weighted by molar-refractivity contribution is -0.121. The highest BCUT2D eigenvalue weighted by molar-refractivity contribution is 5.90. The van der Waals surface area contributed by atoms with E-state index < -0.39 is 0 Å². The number of hydrogen-bond acceptors (Lipinski definition) is 4. The zero-order valence-corrected chi connectivity index (χ0v) is 21.3. The van der Waals surface area contributed by atoms with Crippen molar-refractivity contribution < 1.29 is 14.3 Å². The molecule has 0 saturated carbocycles. The molecule has 0 aromatic heterocycles. The molecule has 34 heavy (non-hydrogen) atoms. The van der Waals surface area contributed by atoms with Crippen LogP contribution in [-0.2, 0) is 4.79 Å². The average Bonchev–Trinajstić information content (AvgIpc) is 2.77. The van der Waals surface area contributed by atoms with Gasteiger partial charge in [0.25, 0.3) is 0 Å². The zero-order valence-electron chi connectivity index (χ0n) is 21.3. The van der Waals surface area contributed by atoms with Crippen molar-refractivity contribution in [3.05, 3.63) is 54.6 Å². The van der Waals surface area contributed by atoms with Gasteiger partial charge in [-0.05, 0) is 70.0 Å². The van der Waals surface area contributed by atoms with Crippen molar-refractivity contribution in [2.45, 2.75) is 66.1 Å². The lowest BCUT2D eigenvalue weighted by atomic mass is 10.0. The van der Waals surface area contributed by atoms with Gasteiger partial charge in [-0.25, -0.2) is 4.79 Å². The molecule has 0 aliphatic heterocycles. The molecule has 0 radical (unpaired) electrons. The van der Waals surface area contributed by atoms with Crippen LogP contribution in [0.15, 0.2) is 54.6 Å². The molecule has 2 aromatic carbocycles. The van der Waals surface area contributed by atoms with Gasteiger partial charge in [0.1, 0.15) is 11.5 Å². The maximum Gasteiger partial charge on any atom is 0.319 e. The third-order valence-corrected chi connectivity index (χ3v) is 5.64. The largest absolute Gasteiger partial charge is 0.457 e. The Morgan fingerprint density at radius 3 is 2.00 bits per heavy atom. The normalized spacial score (nSPS) is 12.2. The number of hydrogen-bond donors (Lipinski definition) is 3. The first-order chi connectivity index (χ1) is 16.2. The van der Waals surface area contributed by atoms with Gasteiger partial charge in [-0.2, -0.15) is 0 Å². The minimum absolute atomic E-state index is 0.0612. The minimum Gasteiger partial charge on any atom is -0.457 e. The van der Waals surface area contributed by atoms with Gasteiger partial charge in [0, 0.05) is 43.3 Å². The maximum absolute atomic E-state index is 12.5. The van der Waals surface area contributed by atoms with Gasteiger partial charge in [-0.1, -0.05) is 32.0 Å². The molecule has 0 bridgehead atoms. The Hall–Kier alpha value is -3.06. The molecule has 7 heteroatoms. The third kappa shape index (κ3) is 9.43. The summed E-state index contributed by atoms with van der Waals surface area (Å²) in [5.74, 6) is 1.48. The second kappa shape index (κ2) is 13.6. The Kier molecular flexibility index (Phi) is 10.9. The number of urea groups is 1. The predicted octanol–water partition coefficient (Wildman–Crippen LogP) is 5.25. The Bertz CT molecular complexity index is 875. The number of para-hydroxylation sites is 1. The van der Waals surface area contributed by atoms with Crippen molar-refractivity contribution in [1.82, 2.24) is 15.5 Å². The summed E-state index contributed by atoms with van der Waals surface area (Å²) in [6.07, 6.45) is 0.234. The molecule has 0 fully saturated rings. The maximum atomic E-state index is 12.5. The standard InChI is InChI=1S/C27H40N4O3/c1-19(2)25(18-26(32)28-16-17-31(20(3)4)21(5)6)30-27(33)29-22-12-14-24(15-13-22)34-23-10-8-7-9-11-23/h7-15,19-21,25H,16-18H2,1-6H3,(H,28,32)(H2,29,30,33). The number of benzene rings is 2. The summed E-state index contributed by atoms with van der Waals surface area (Å²) in [7, 11) is 0. The first kappa shape index (κ1) is 27.2. The highest BCUT2D eigenvalue weighted by atomic mass is 16.5. The van der Waals surface area contributed by atoms with E-state index in [0.29, 0.717) is 30.1 Å². The lowest BCUT2D eigenvalue weighted by Crippen LogP contribution is -2.46. The highest BCUT2D eigenvalue weighted by Gasteiger charge is 2.20. The predicted molar refractivity (Wildman–Crippen MR) is 138 cm³/mol. The number of amides is 3. The van der Waals surface area contributed by atoms with Crippen molar-refractivity contribution >= 4 is 17.6 Å². The van der Waals surface area contributed by atoms with Crippen LogP contribution in [0.2, 0.25) is 0 Å². The molecule has 2 rings (SSSR count). The molecule has 3 amide bonds. The summed E-state index contributed by atoms with van der Waals surface area (Å²) in [6, 6.07) is 16.9. The summed E-state index contributed by atoms with van der Waals surface area (Å²) in [5.41, 5.74) is 0.646. The van der Waals surface area contributed by atoms with E-state index in [0.717, 1.165) is 12.3 Å². The second-order valence-corrected chi connectivity index (χ2v) is 9.37. The van der Waals surface area contributed by atoms with E-state index in [1.807, 2.05) is 44.2 Å². The van der Waals surface area contributed by atoms with Crippen molar-refractivity contribution in [2.75, 3.05) is 18.4 Å². The molecule has 0 aliphatic carbocycles. The van der Waals surface area contributed by atoms with E-state index in [9.17, 15) is 9.59 Å². The Labute approximate surface area is 204 Å². The van der Waals surface area contributed by atoms with Crippen LogP contribution >= 0.6 is 0 Å². The van der Waals surface area contributed by atoms with E-state index in [1.165, 1.54) is 0 Å². The van der Waals surface area contributed by atoms with Crippen LogP contribution < -0.4 is 20.7 Å². The van der Waals surface area contributed by atoms with Gasteiger partial charge in [0.15, 0.2) is 0 Å². The third-order valence-electron chi connectivity index (χ3n) is 5.64. The number of nitrogens with zero attached hydrogens (tertiary/aromatic N) is 1. The van der Waals surface area contributed by atoms with Crippen LogP contribution in [0.25, 0.3) is 0 Å². The quantitative estimate of drug-likeness (QED) is 0.397. The Morgan fingerprint density at radius 2 is 1.44 bits per heavy atom. The van der Waals surface area contributed by atoms with Gasteiger partial charge < -0.3 is 20.7 Å². The van der Waals surface area contributed by atoms with Crippen LogP contribution in [0, 0.1) is 5.92 Å². The molecule has 1 atom stereocenters. The molecule has 2 aromatic rings. The summed E-state index contributed by atoms with van der Waals surface area (Å²) >= 11 is 0. The van der Waals surface area contributed by atoms with Gasteiger partial charge in [-0.3, -0.25) is 9.69 Å². The lowest BCUT2D eigenvalue weighted by Gasteiger charge is -2.30. The number of ether oxygens (including phenoxy) is 1. The van der Waals surface area contributed by atoms with Crippen LogP contribution in [0.4, 0.5) is 10.5 Å². The molecular weight excluding hydrogens is 428 g/mol. The van der Waals surface area contributed by atoms with Crippen LogP contribution in [0.3, 0.4) is 0 Å². The topological polar surface area (TPSA) is 82.7 Å². The van der Waals surface area contributed by atoms with Crippen molar-refractivity contribution in [1.29, 1.82) is 0 Å². The molecular formula is C27H40N4O3. The van der Waals surface area contributed by atoms with Crippen molar-refractivity contribution in [2.24, 2.45) is 5.92 Å². The number of carbonyl (C=O) groups excluding carboxylic acids is 2. The van der Waals surface area contributed by atoms with E-state index in [2.05, 4.69) is 48.5 Å². The zero-order chi connectivity index (χ0) is 25.1. The summed E-state index contributed by atoms with van der Waals surface area (Å²) in [6.45, 7) is 14.0. The van der Waals surface area contributed by atoms with Gasteiger partial charge >= 0.3 is 6.03 Å². The molecule has 7 nitrogen and oxygen atoms in total. The van der Waals surface area contributed by atoms with E-state index >= 15 is 0 Å². The smallest absolute Gasteiger partial charge is 0.319 e. The van der Waals surface area contributed by atoms with Crippen molar-refractivity contribution in [3.63, 3.8) is 0 Å². The molecule has 0 spiro atoms. The fourth-order valence-electron chi connectivity index (χ4n) is 3.73. The Morgan fingerprint density at radius 1 is 0.853 bits per heavy atom. The fraction of sp³-hybridized carbons (Fsp3) is 0.481. The number of nitrogens with one attached hydrogen (secondary N) is 3. The minimum atomic E-state index is -0.339. The average molecular weight is 469 g/mol. The van der Waals surface area contributed by atoms with E-state index in [4.69, 9.17) is 4.74 Å². The van der Waals surface area contributed by atoms with Crippen LogP contribution in [0.5, 0.6) is 11.5 Å². The highest BCUT2D eigenvalue weighted by Crippen LogP contribution is 2.22. The first-order valence-electron chi connectivity index (χ1n) is 12.1. The molecule has 0 aliphatic rings. The summed E-state index contributed by atoms with van der Waals surface area (Å²) in [4.78, 5) is 27.4. The summed E-state index contributed by atoms with van der Waals surface area (Å²) < 4.78 is 5.78. The number of carbonyl (C=O) groups is 2. The number of anilines is 1. The molecule has 0 heterocycles. The van der Waals surface area contributed by atoms with E-state index in [1.54, 1.807) is 24.3 Å². The first-order valence-corrected chi connectivity index (χ1v) is 12.1. The monoisotopic (exact) mass is 468 g/mol.